The lowest BCUT2D eigenvalue weighted by Gasteiger charge is -2.12. The summed E-state index contributed by atoms with van der Waals surface area (Å²) in [6, 6.07) is 2.77. The van der Waals surface area contributed by atoms with Crippen LogP contribution in [0.15, 0.2) is 24.5 Å². The molecule has 0 fully saturated rings. The van der Waals surface area contributed by atoms with E-state index in [1.54, 1.807) is 7.05 Å². The van der Waals surface area contributed by atoms with Crippen LogP contribution in [0.3, 0.4) is 0 Å². The second-order valence-corrected chi connectivity index (χ2v) is 6.68. The van der Waals surface area contributed by atoms with Crippen molar-refractivity contribution in [2.24, 2.45) is 7.05 Å². The van der Waals surface area contributed by atoms with Gasteiger partial charge in [-0.1, -0.05) is 11.6 Å². The summed E-state index contributed by atoms with van der Waals surface area (Å²) in [6.07, 6.45) is 2.87. The molecule has 0 saturated carbocycles. The van der Waals surface area contributed by atoms with Crippen molar-refractivity contribution in [2.75, 3.05) is 0 Å². The van der Waals surface area contributed by atoms with Crippen LogP contribution >= 0.6 is 23.2 Å². The van der Waals surface area contributed by atoms with E-state index < -0.39 is 11.6 Å². The van der Waals surface area contributed by atoms with Crippen LogP contribution in [0.2, 0.25) is 10.4 Å². The minimum absolute atomic E-state index is 0.00878. The highest BCUT2D eigenvalue weighted by Crippen LogP contribution is 2.41. The molecule has 6 nitrogen and oxygen atoms in total. The van der Waals surface area contributed by atoms with Gasteiger partial charge in [0, 0.05) is 23.6 Å². The van der Waals surface area contributed by atoms with Gasteiger partial charge < -0.3 is 0 Å². The Morgan fingerprint density at radius 1 is 1.07 bits per heavy atom. The average Bonchev–Trinajstić information content (AvgIpc) is 3.24. The van der Waals surface area contributed by atoms with Gasteiger partial charge in [0.15, 0.2) is 5.82 Å². The number of hydrogen-bond acceptors (Lipinski definition) is 4. The predicted molar refractivity (Wildman–Crippen MR) is 98.8 cm³/mol. The Balaban J connectivity index is 2.04. The first-order valence-electron chi connectivity index (χ1n) is 7.75. The van der Waals surface area contributed by atoms with Crippen LogP contribution in [-0.4, -0.2) is 29.9 Å². The second-order valence-electron chi connectivity index (χ2n) is 5.98. The molecule has 0 aliphatic heterocycles. The van der Waals surface area contributed by atoms with Gasteiger partial charge in [0.05, 0.1) is 34.2 Å². The highest BCUT2D eigenvalue weighted by molar-refractivity contribution is 6.38. The van der Waals surface area contributed by atoms with Crippen molar-refractivity contribution in [1.82, 2.24) is 29.9 Å². The van der Waals surface area contributed by atoms with Crippen molar-refractivity contribution in [1.29, 1.82) is 0 Å². The van der Waals surface area contributed by atoms with Crippen LogP contribution in [-0.2, 0) is 7.05 Å². The van der Waals surface area contributed by atoms with Crippen LogP contribution in [0.4, 0.5) is 8.78 Å². The lowest BCUT2D eigenvalue weighted by Crippen LogP contribution is -1.98. The van der Waals surface area contributed by atoms with Crippen molar-refractivity contribution < 1.29 is 8.78 Å². The molecule has 10 heteroatoms. The summed E-state index contributed by atoms with van der Waals surface area (Å²) in [5, 5.41) is 11.8. The van der Waals surface area contributed by atoms with Gasteiger partial charge in [-0.25, -0.2) is 18.7 Å². The number of nitrogens with zero attached hydrogens (tertiary/aromatic N) is 5. The normalized spacial score (nSPS) is 11.9. The molecular formula is C17H8Cl2F2N6. The Kier molecular flexibility index (Phi) is 3.38. The fourth-order valence-corrected chi connectivity index (χ4v) is 3.89. The fraction of sp³-hybridized carbons (Fsp3) is 0.0588. The predicted octanol–water partition coefficient (Wildman–Crippen LogP) is 4.64. The molecule has 0 spiro atoms. The summed E-state index contributed by atoms with van der Waals surface area (Å²) < 4.78 is 31.3. The maximum absolute atomic E-state index is 15.6. The summed E-state index contributed by atoms with van der Waals surface area (Å²) >= 11 is 12.1. The van der Waals surface area contributed by atoms with Crippen LogP contribution < -0.4 is 0 Å². The molecule has 0 unspecified atom stereocenters. The zero-order valence-corrected chi connectivity index (χ0v) is 15.1. The molecule has 0 aliphatic rings. The first-order chi connectivity index (χ1) is 13.0. The van der Waals surface area contributed by atoms with E-state index in [1.807, 2.05) is 0 Å². The lowest BCUT2D eigenvalue weighted by atomic mass is 9.97. The van der Waals surface area contributed by atoms with E-state index in [2.05, 4.69) is 25.3 Å². The Morgan fingerprint density at radius 3 is 2.70 bits per heavy atom. The third-order valence-electron chi connectivity index (χ3n) is 4.54. The first-order valence-corrected chi connectivity index (χ1v) is 8.51. The zero-order chi connectivity index (χ0) is 18.9. The van der Waals surface area contributed by atoms with E-state index in [1.165, 1.54) is 29.2 Å². The van der Waals surface area contributed by atoms with E-state index in [4.69, 9.17) is 23.2 Å². The van der Waals surface area contributed by atoms with Crippen molar-refractivity contribution in [3.05, 3.63) is 46.6 Å². The Labute approximate surface area is 159 Å². The number of nitrogens with one attached hydrogen (secondary N) is 1. The Morgan fingerprint density at radius 2 is 1.89 bits per heavy atom. The molecule has 3 heterocycles. The number of hydrogen-bond donors (Lipinski definition) is 1. The maximum Gasteiger partial charge on any atom is 0.224 e. The number of aryl methyl sites for hydroxylation is 1. The van der Waals surface area contributed by atoms with Gasteiger partial charge in [0.2, 0.25) is 5.28 Å². The van der Waals surface area contributed by atoms with Gasteiger partial charge in [0.1, 0.15) is 16.5 Å². The number of rotatable bonds is 1. The highest BCUT2D eigenvalue weighted by Gasteiger charge is 2.24. The molecular weight excluding hydrogens is 397 g/mol. The van der Waals surface area contributed by atoms with Crippen LogP contribution in [0.25, 0.3) is 43.8 Å². The number of halogens is 4. The van der Waals surface area contributed by atoms with E-state index in [0.29, 0.717) is 22.0 Å². The minimum atomic E-state index is -0.654. The molecule has 27 heavy (non-hydrogen) atoms. The molecule has 0 radical (unpaired) electrons. The van der Waals surface area contributed by atoms with Crippen molar-refractivity contribution in [3.63, 3.8) is 0 Å². The van der Waals surface area contributed by atoms with Crippen LogP contribution in [0.5, 0.6) is 0 Å². The number of H-pyrrole nitrogens is 1. The average molecular weight is 405 g/mol. The molecule has 0 bridgehead atoms. The minimum Gasteiger partial charge on any atom is -0.277 e. The largest absolute Gasteiger partial charge is 0.277 e. The third kappa shape index (κ3) is 2.17. The summed E-state index contributed by atoms with van der Waals surface area (Å²) in [5.41, 5.74) is 1.50. The molecule has 0 aliphatic carbocycles. The van der Waals surface area contributed by atoms with Gasteiger partial charge in [-0.3, -0.25) is 9.78 Å². The first kappa shape index (κ1) is 16.3. The molecule has 2 aromatic carbocycles. The Hall–Kier alpha value is -2.84. The molecule has 1 N–H and O–H groups in total. The summed E-state index contributed by atoms with van der Waals surface area (Å²) in [7, 11) is 1.66. The third-order valence-corrected chi connectivity index (χ3v) is 4.98. The number of aromatic amines is 1. The molecule has 0 saturated heterocycles. The van der Waals surface area contributed by atoms with E-state index in [0.717, 1.165) is 0 Å². The summed E-state index contributed by atoms with van der Waals surface area (Å²) in [5.74, 6) is -1.10. The topological polar surface area (TPSA) is 72.3 Å². The molecule has 0 atom stereocenters. The van der Waals surface area contributed by atoms with Crippen molar-refractivity contribution in [3.8, 4) is 11.1 Å². The van der Waals surface area contributed by atoms with Gasteiger partial charge in [-0.05, 0) is 23.7 Å². The molecule has 0 amide bonds. The zero-order valence-electron chi connectivity index (χ0n) is 13.6. The fourth-order valence-electron chi connectivity index (χ4n) is 3.41. The summed E-state index contributed by atoms with van der Waals surface area (Å²) in [4.78, 5) is 7.89. The van der Waals surface area contributed by atoms with Gasteiger partial charge in [0.25, 0.3) is 0 Å². The van der Waals surface area contributed by atoms with Gasteiger partial charge in [-0.2, -0.15) is 10.2 Å². The van der Waals surface area contributed by atoms with E-state index in [-0.39, 0.29) is 32.3 Å². The quantitative estimate of drug-likeness (QED) is 0.326. The second kappa shape index (κ2) is 5.58. The smallest absolute Gasteiger partial charge is 0.224 e. The standard InChI is InChI=1S/C17H8Cl2F2N6/c1-27-15-6(2-3-9(20)7(15)5-23-27)10-8-4-22-26-13(8)11-14(12(10)21)24-17(19)25-16(11)18/h2-5H,1H3,(H,22,26). The Bertz CT molecular complexity index is 1390. The molecule has 3 aromatic heterocycles. The van der Waals surface area contributed by atoms with E-state index >= 15 is 4.39 Å². The SMILES string of the molecule is Cn1ncc2c(F)ccc(-c3c(F)c4nc(Cl)nc(Cl)c4c4[nH]ncc34)c21. The lowest BCUT2D eigenvalue weighted by molar-refractivity contribution is 0.637. The molecule has 5 aromatic rings. The number of benzene rings is 2. The van der Waals surface area contributed by atoms with Crippen LogP contribution in [0.1, 0.15) is 0 Å². The van der Waals surface area contributed by atoms with E-state index in [9.17, 15) is 4.39 Å². The molecule has 134 valence electrons. The van der Waals surface area contributed by atoms with Crippen molar-refractivity contribution >= 4 is 55.9 Å². The summed E-state index contributed by atoms with van der Waals surface area (Å²) in [6.45, 7) is 0. The monoisotopic (exact) mass is 404 g/mol. The van der Waals surface area contributed by atoms with Gasteiger partial charge in [-0.15, -0.1) is 0 Å². The van der Waals surface area contributed by atoms with Crippen molar-refractivity contribution in [2.45, 2.75) is 0 Å². The number of aromatic nitrogens is 6. The van der Waals surface area contributed by atoms with Gasteiger partial charge >= 0.3 is 0 Å². The highest BCUT2D eigenvalue weighted by atomic mass is 35.5. The number of fused-ring (bicyclic) bond motifs is 4. The van der Waals surface area contributed by atoms with Crippen LogP contribution in [0, 0.1) is 11.6 Å². The maximum atomic E-state index is 15.6. The molecule has 5 rings (SSSR count).